The summed E-state index contributed by atoms with van der Waals surface area (Å²) in [6.07, 6.45) is 2.21. The minimum absolute atomic E-state index is 0.164. The Morgan fingerprint density at radius 3 is 2.60 bits per heavy atom. The normalized spacial score (nSPS) is 24.3. The zero-order chi connectivity index (χ0) is 11.0. The number of carbonyl (C=O) groups is 1. The molecular formula is C14H18O. The van der Waals surface area contributed by atoms with E-state index in [9.17, 15) is 4.79 Å². The average molecular weight is 202 g/mol. The molecule has 1 aromatic rings. The first-order valence-corrected chi connectivity index (χ1v) is 5.82. The van der Waals surface area contributed by atoms with E-state index >= 15 is 0 Å². The SMILES string of the molecule is CCCc1ccc2c(c1)C(=O)C(C)C2C. The molecule has 2 unspecified atom stereocenters. The van der Waals surface area contributed by atoms with Gasteiger partial charge in [0.05, 0.1) is 0 Å². The van der Waals surface area contributed by atoms with Gasteiger partial charge in [-0.3, -0.25) is 4.79 Å². The first-order valence-electron chi connectivity index (χ1n) is 5.82. The van der Waals surface area contributed by atoms with Gasteiger partial charge in [-0.05, 0) is 29.5 Å². The van der Waals surface area contributed by atoms with Crippen molar-refractivity contribution in [2.24, 2.45) is 5.92 Å². The molecule has 0 N–H and O–H groups in total. The van der Waals surface area contributed by atoms with Gasteiger partial charge in [-0.15, -0.1) is 0 Å². The lowest BCUT2D eigenvalue weighted by atomic mass is 9.96. The predicted octanol–water partition coefficient (Wildman–Crippen LogP) is 3.58. The standard InChI is InChI=1S/C14H18O/c1-4-5-11-6-7-12-9(2)10(3)14(15)13(12)8-11/h6-10H,4-5H2,1-3H3. The molecule has 1 nitrogen and oxygen atoms in total. The Labute approximate surface area is 91.5 Å². The third kappa shape index (κ3) is 1.60. The first kappa shape index (κ1) is 10.4. The van der Waals surface area contributed by atoms with Crippen molar-refractivity contribution in [1.29, 1.82) is 0 Å². The second-order valence-corrected chi connectivity index (χ2v) is 4.61. The highest BCUT2D eigenvalue weighted by molar-refractivity contribution is 6.03. The summed E-state index contributed by atoms with van der Waals surface area (Å²) < 4.78 is 0. The Hall–Kier alpha value is -1.11. The summed E-state index contributed by atoms with van der Waals surface area (Å²) >= 11 is 0. The molecule has 0 spiro atoms. The molecule has 0 saturated heterocycles. The van der Waals surface area contributed by atoms with Crippen molar-refractivity contribution < 1.29 is 4.79 Å². The van der Waals surface area contributed by atoms with E-state index in [-0.39, 0.29) is 5.92 Å². The lowest BCUT2D eigenvalue weighted by molar-refractivity contribution is 0.0936. The van der Waals surface area contributed by atoms with Crippen LogP contribution in [0.5, 0.6) is 0 Å². The van der Waals surface area contributed by atoms with Gasteiger partial charge in [0.1, 0.15) is 0 Å². The second kappa shape index (κ2) is 3.80. The van der Waals surface area contributed by atoms with Gasteiger partial charge in [-0.1, -0.05) is 39.3 Å². The smallest absolute Gasteiger partial charge is 0.166 e. The molecule has 0 aromatic heterocycles. The molecule has 1 aliphatic rings. The van der Waals surface area contributed by atoms with Gasteiger partial charge in [-0.2, -0.15) is 0 Å². The molecule has 0 radical (unpaired) electrons. The third-order valence-corrected chi connectivity index (χ3v) is 3.58. The van der Waals surface area contributed by atoms with E-state index in [4.69, 9.17) is 0 Å². The fourth-order valence-electron chi connectivity index (χ4n) is 2.40. The number of fused-ring (bicyclic) bond motifs is 1. The van der Waals surface area contributed by atoms with Crippen LogP contribution < -0.4 is 0 Å². The maximum atomic E-state index is 12.0. The van der Waals surface area contributed by atoms with E-state index < -0.39 is 0 Å². The number of benzene rings is 1. The first-order chi connectivity index (χ1) is 7.15. The number of aryl methyl sites for hydroxylation is 1. The number of hydrogen-bond donors (Lipinski definition) is 0. The Morgan fingerprint density at radius 2 is 1.93 bits per heavy atom. The van der Waals surface area contributed by atoms with Crippen LogP contribution in [0.3, 0.4) is 0 Å². The third-order valence-electron chi connectivity index (χ3n) is 3.58. The van der Waals surface area contributed by atoms with Crippen molar-refractivity contribution in [2.45, 2.75) is 39.5 Å². The minimum Gasteiger partial charge on any atom is -0.294 e. The molecule has 0 amide bonds. The highest BCUT2D eigenvalue weighted by Crippen LogP contribution is 2.37. The van der Waals surface area contributed by atoms with Crippen LogP contribution >= 0.6 is 0 Å². The summed E-state index contributed by atoms with van der Waals surface area (Å²) in [6, 6.07) is 6.41. The maximum absolute atomic E-state index is 12.0. The van der Waals surface area contributed by atoms with Crippen molar-refractivity contribution in [3.05, 3.63) is 34.9 Å². The van der Waals surface area contributed by atoms with Crippen LogP contribution in [-0.2, 0) is 6.42 Å². The van der Waals surface area contributed by atoms with Crippen molar-refractivity contribution in [3.8, 4) is 0 Å². The monoisotopic (exact) mass is 202 g/mol. The van der Waals surface area contributed by atoms with Crippen LogP contribution in [0.25, 0.3) is 0 Å². The summed E-state index contributed by atoms with van der Waals surface area (Å²) in [6.45, 7) is 6.35. The van der Waals surface area contributed by atoms with E-state index in [0.717, 1.165) is 18.4 Å². The molecule has 1 aromatic carbocycles. The van der Waals surface area contributed by atoms with Crippen LogP contribution in [0.15, 0.2) is 18.2 Å². The zero-order valence-corrected chi connectivity index (χ0v) is 9.71. The van der Waals surface area contributed by atoms with Gasteiger partial charge in [0, 0.05) is 11.5 Å². The number of Topliss-reactive ketones (excluding diaryl/α,β-unsaturated/α-hetero) is 1. The predicted molar refractivity (Wildman–Crippen MR) is 62.3 cm³/mol. The fraction of sp³-hybridized carbons (Fsp3) is 0.500. The van der Waals surface area contributed by atoms with Gasteiger partial charge >= 0.3 is 0 Å². The van der Waals surface area contributed by atoms with E-state index in [1.54, 1.807) is 0 Å². The van der Waals surface area contributed by atoms with Crippen LogP contribution in [0.2, 0.25) is 0 Å². The molecule has 2 rings (SSSR count). The van der Waals surface area contributed by atoms with E-state index in [1.165, 1.54) is 11.1 Å². The molecule has 15 heavy (non-hydrogen) atoms. The van der Waals surface area contributed by atoms with Crippen molar-refractivity contribution >= 4 is 5.78 Å². The van der Waals surface area contributed by atoms with Crippen molar-refractivity contribution in [2.75, 3.05) is 0 Å². The van der Waals surface area contributed by atoms with Crippen molar-refractivity contribution in [3.63, 3.8) is 0 Å². The van der Waals surface area contributed by atoms with E-state index in [2.05, 4.69) is 32.0 Å². The van der Waals surface area contributed by atoms with Gasteiger partial charge in [0.25, 0.3) is 0 Å². The second-order valence-electron chi connectivity index (χ2n) is 4.61. The fourth-order valence-corrected chi connectivity index (χ4v) is 2.40. The van der Waals surface area contributed by atoms with Crippen LogP contribution in [0.1, 0.15) is 54.6 Å². The van der Waals surface area contributed by atoms with Gasteiger partial charge < -0.3 is 0 Å². The molecule has 0 heterocycles. The average Bonchev–Trinajstić information content (AvgIpc) is 2.45. The zero-order valence-electron chi connectivity index (χ0n) is 9.71. The minimum atomic E-state index is 0.164. The lowest BCUT2D eigenvalue weighted by Crippen LogP contribution is -2.06. The number of rotatable bonds is 2. The summed E-state index contributed by atoms with van der Waals surface area (Å²) in [5.74, 6) is 0.885. The van der Waals surface area contributed by atoms with E-state index in [1.807, 2.05) is 6.92 Å². The summed E-state index contributed by atoms with van der Waals surface area (Å²) in [4.78, 5) is 12.0. The summed E-state index contributed by atoms with van der Waals surface area (Å²) in [7, 11) is 0. The Morgan fingerprint density at radius 1 is 1.20 bits per heavy atom. The Bertz CT molecular complexity index is 392. The molecule has 0 saturated carbocycles. The summed E-state index contributed by atoms with van der Waals surface area (Å²) in [5.41, 5.74) is 3.51. The highest BCUT2D eigenvalue weighted by Gasteiger charge is 2.33. The molecule has 80 valence electrons. The molecule has 1 heteroatoms. The largest absolute Gasteiger partial charge is 0.294 e. The molecule has 0 bridgehead atoms. The number of ketones is 1. The molecule has 2 atom stereocenters. The Balaban J connectivity index is 2.42. The molecule has 0 fully saturated rings. The van der Waals surface area contributed by atoms with Crippen LogP contribution in [0.4, 0.5) is 0 Å². The highest BCUT2D eigenvalue weighted by atomic mass is 16.1. The lowest BCUT2D eigenvalue weighted by Gasteiger charge is -2.07. The topological polar surface area (TPSA) is 17.1 Å². The summed E-state index contributed by atoms with van der Waals surface area (Å²) in [5, 5.41) is 0. The van der Waals surface area contributed by atoms with Gasteiger partial charge in [-0.25, -0.2) is 0 Å². The molecular weight excluding hydrogens is 184 g/mol. The molecule has 0 aliphatic heterocycles. The van der Waals surface area contributed by atoms with Gasteiger partial charge in [0.15, 0.2) is 5.78 Å². The van der Waals surface area contributed by atoms with Crippen LogP contribution in [0, 0.1) is 5.92 Å². The number of carbonyl (C=O) groups excluding carboxylic acids is 1. The maximum Gasteiger partial charge on any atom is 0.166 e. The van der Waals surface area contributed by atoms with E-state index in [0.29, 0.717) is 11.7 Å². The van der Waals surface area contributed by atoms with Crippen molar-refractivity contribution in [1.82, 2.24) is 0 Å². The van der Waals surface area contributed by atoms with Gasteiger partial charge in [0.2, 0.25) is 0 Å². The van der Waals surface area contributed by atoms with Crippen LogP contribution in [-0.4, -0.2) is 5.78 Å². The number of hydrogen-bond acceptors (Lipinski definition) is 1. The molecule has 1 aliphatic carbocycles. The quantitative estimate of drug-likeness (QED) is 0.716. The Kier molecular flexibility index (Phi) is 2.64.